The van der Waals surface area contributed by atoms with E-state index >= 15 is 0 Å². The van der Waals surface area contributed by atoms with Gasteiger partial charge in [-0.1, -0.05) is 17.4 Å². The molecule has 1 aliphatic heterocycles. The van der Waals surface area contributed by atoms with E-state index in [9.17, 15) is 22.5 Å². The van der Waals surface area contributed by atoms with Crippen LogP contribution in [-0.2, 0) is 14.8 Å². The number of ether oxygens (including phenoxy) is 1. The van der Waals surface area contributed by atoms with Crippen LogP contribution in [0.15, 0.2) is 29.4 Å². The molecule has 210 valence electrons. The molecule has 16 heteroatoms. The summed E-state index contributed by atoms with van der Waals surface area (Å²) in [7, 11) is -0.370. The lowest BCUT2D eigenvalue weighted by Gasteiger charge is -2.39. The molecule has 6 rings (SSSR count). The van der Waals surface area contributed by atoms with Crippen LogP contribution in [0.25, 0.3) is 27.1 Å². The number of likely N-dealkylation sites (N-methyl/N-ethyl adjacent to an activating group) is 1. The van der Waals surface area contributed by atoms with Crippen molar-refractivity contribution in [3.05, 3.63) is 29.5 Å². The molecule has 0 bridgehead atoms. The van der Waals surface area contributed by atoms with E-state index in [1.807, 2.05) is 13.1 Å². The van der Waals surface area contributed by atoms with Gasteiger partial charge in [0.1, 0.15) is 17.7 Å². The number of piperazine rings is 1. The summed E-state index contributed by atoms with van der Waals surface area (Å²) < 4.78 is 62.8. The van der Waals surface area contributed by atoms with Crippen molar-refractivity contribution in [2.24, 2.45) is 0 Å². The van der Waals surface area contributed by atoms with Crippen LogP contribution in [0.2, 0.25) is 0 Å². The largest absolute Gasteiger partial charge is 0.383 e. The van der Waals surface area contributed by atoms with Crippen LogP contribution in [0, 0.1) is 11.3 Å². The van der Waals surface area contributed by atoms with Crippen LogP contribution in [-0.4, -0.2) is 90.0 Å². The molecule has 0 unspecified atom stereocenters. The molecule has 1 saturated carbocycles. The Hall–Kier alpha value is -3.36. The first-order chi connectivity index (χ1) is 19.2. The lowest BCUT2D eigenvalue weighted by atomic mass is 10.1. The van der Waals surface area contributed by atoms with Gasteiger partial charge in [0.2, 0.25) is 15.2 Å². The first kappa shape index (κ1) is 26.8. The Bertz CT molecular complexity index is 1750. The summed E-state index contributed by atoms with van der Waals surface area (Å²) in [5.41, 5.74) is -0.330. The summed E-state index contributed by atoms with van der Waals surface area (Å²) in [5.74, 6) is 0.636. The average molecular weight is 590 g/mol. The highest BCUT2D eigenvalue weighted by Gasteiger charge is 2.47. The van der Waals surface area contributed by atoms with Gasteiger partial charge in [-0.25, -0.2) is 27.2 Å². The van der Waals surface area contributed by atoms with E-state index in [1.165, 1.54) is 23.0 Å². The fraction of sp³-hybridized carbons (Fsp3) is 0.458. The Labute approximate surface area is 232 Å². The van der Waals surface area contributed by atoms with Crippen molar-refractivity contribution in [3.63, 3.8) is 0 Å². The van der Waals surface area contributed by atoms with E-state index in [0.717, 1.165) is 6.54 Å². The summed E-state index contributed by atoms with van der Waals surface area (Å²) in [6, 6.07) is 6.70. The van der Waals surface area contributed by atoms with Gasteiger partial charge in [-0.05, 0) is 32.0 Å². The second-order valence-electron chi connectivity index (χ2n) is 9.97. The highest BCUT2D eigenvalue weighted by atomic mass is 32.2. The van der Waals surface area contributed by atoms with Gasteiger partial charge in [-0.15, -0.1) is 10.2 Å². The van der Waals surface area contributed by atoms with Crippen LogP contribution < -0.4 is 9.62 Å². The Kier molecular flexibility index (Phi) is 6.66. The maximum absolute atomic E-state index is 13.4. The van der Waals surface area contributed by atoms with Crippen LogP contribution in [0.5, 0.6) is 0 Å². The van der Waals surface area contributed by atoms with E-state index in [4.69, 9.17) is 4.74 Å². The van der Waals surface area contributed by atoms with E-state index in [0.29, 0.717) is 71.6 Å². The normalized spacial score (nSPS) is 19.5. The predicted molar refractivity (Wildman–Crippen MR) is 143 cm³/mol. The molecular formula is C24H25F2N9O3S2. The summed E-state index contributed by atoms with van der Waals surface area (Å²) in [5, 5.41) is 18.0. The standard InChI is InChI=1S/C24H25F2N9O3S2/c1-33-7-8-34(10-14(33)11-38-2)20-18-16-4-3-15(40(36,37)32-24(12-27)5-6-24)9-17(16)35(21(18)29-13-28-20)23-31-30-22(39-23)19(25)26/h3-4,9,13-14,19,32H,5-8,10-11H2,1-2H3/t14-/m1/s1. The van der Waals surface area contributed by atoms with Gasteiger partial charge in [-0.3, -0.25) is 9.47 Å². The van der Waals surface area contributed by atoms with Crippen molar-refractivity contribution in [2.75, 3.05) is 45.3 Å². The van der Waals surface area contributed by atoms with Crippen molar-refractivity contribution in [3.8, 4) is 11.2 Å². The zero-order chi connectivity index (χ0) is 28.2. The number of nitrogens with zero attached hydrogens (tertiary/aromatic N) is 8. The molecule has 1 aliphatic carbocycles. The summed E-state index contributed by atoms with van der Waals surface area (Å²) in [6.07, 6.45) is -0.552. The zero-order valence-corrected chi connectivity index (χ0v) is 23.2. The number of anilines is 1. The third kappa shape index (κ3) is 4.57. The molecular weight excluding hydrogens is 564 g/mol. The van der Waals surface area contributed by atoms with E-state index < -0.39 is 27.0 Å². The summed E-state index contributed by atoms with van der Waals surface area (Å²) in [6.45, 7) is 2.60. The van der Waals surface area contributed by atoms with Gasteiger partial charge in [0.05, 0.1) is 34.5 Å². The fourth-order valence-corrected chi connectivity index (χ4v) is 7.11. The first-order valence-electron chi connectivity index (χ1n) is 12.5. The predicted octanol–water partition coefficient (Wildman–Crippen LogP) is 2.46. The zero-order valence-electron chi connectivity index (χ0n) is 21.6. The molecule has 2 aliphatic rings. The molecule has 2 fully saturated rings. The topological polar surface area (TPSA) is 142 Å². The number of fused-ring (bicyclic) bond motifs is 3. The van der Waals surface area contributed by atoms with E-state index in [-0.39, 0.29) is 16.1 Å². The highest BCUT2D eigenvalue weighted by molar-refractivity contribution is 7.89. The van der Waals surface area contributed by atoms with Gasteiger partial charge >= 0.3 is 0 Å². The molecule has 0 radical (unpaired) electrons. The van der Waals surface area contributed by atoms with Crippen molar-refractivity contribution in [2.45, 2.75) is 35.7 Å². The van der Waals surface area contributed by atoms with E-state index in [1.54, 1.807) is 13.2 Å². The van der Waals surface area contributed by atoms with Crippen molar-refractivity contribution in [1.82, 2.24) is 34.4 Å². The third-order valence-electron chi connectivity index (χ3n) is 7.35. The maximum atomic E-state index is 13.4. The summed E-state index contributed by atoms with van der Waals surface area (Å²) in [4.78, 5) is 13.4. The van der Waals surface area contributed by atoms with Crippen molar-refractivity contribution < 1.29 is 21.9 Å². The number of benzene rings is 1. The molecule has 1 N–H and O–H groups in total. The van der Waals surface area contributed by atoms with Crippen molar-refractivity contribution >= 4 is 49.1 Å². The van der Waals surface area contributed by atoms with Crippen molar-refractivity contribution in [1.29, 1.82) is 5.26 Å². The summed E-state index contributed by atoms with van der Waals surface area (Å²) >= 11 is 0.699. The molecule has 4 heterocycles. The second-order valence-corrected chi connectivity index (χ2v) is 12.6. The number of aromatic nitrogens is 5. The van der Waals surface area contributed by atoms with Crippen LogP contribution in [0.1, 0.15) is 24.3 Å². The third-order valence-corrected chi connectivity index (χ3v) is 9.80. The van der Waals surface area contributed by atoms with Crippen LogP contribution in [0.4, 0.5) is 14.6 Å². The van der Waals surface area contributed by atoms with Gasteiger partial charge in [-0.2, -0.15) is 9.98 Å². The quantitative estimate of drug-likeness (QED) is 0.326. The second kappa shape index (κ2) is 9.93. The fourth-order valence-electron chi connectivity index (χ4n) is 4.99. The van der Waals surface area contributed by atoms with Gasteiger partial charge in [0.15, 0.2) is 10.7 Å². The molecule has 12 nitrogen and oxygen atoms in total. The number of nitriles is 1. The molecule has 1 aromatic carbocycles. The van der Waals surface area contributed by atoms with Gasteiger partial charge < -0.3 is 9.64 Å². The Morgan fingerprint density at radius 2 is 2.08 bits per heavy atom. The van der Waals surface area contributed by atoms with Crippen LogP contribution in [0.3, 0.4) is 0 Å². The maximum Gasteiger partial charge on any atom is 0.291 e. The molecule has 0 amide bonds. The van der Waals surface area contributed by atoms with Crippen LogP contribution >= 0.6 is 11.3 Å². The smallest absolute Gasteiger partial charge is 0.291 e. The minimum atomic E-state index is -4.06. The number of sulfonamides is 1. The molecule has 0 spiro atoms. The number of halogens is 2. The number of nitrogens with one attached hydrogen (secondary N) is 1. The lowest BCUT2D eigenvalue weighted by molar-refractivity contribution is 0.0986. The SMILES string of the molecule is COC[C@H]1CN(c2ncnc3c2c2ccc(S(=O)(=O)NC4(C#N)CC4)cc2n3-c2nnc(C(F)F)s2)CCN1C. The Balaban J connectivity index is 1.55. The number of methoxy groups -OCH3 is 1. The monoisotopic (exact) mass is 589 g/mol. The number of hydrogen-bond acceptors (Lipinski definition) is 11. The molecule has 40 heavy (non-hydrogen) atoms. The number of rotatable bonds is 8. The Morgan fingerprint density at radius 1 is 1.27 bits per heavy atom. The molecule has 1 saturated heterocycles. The highest BCUT2D eigenvalue weighted by Crippen LogP contribution is 2.40. The lowest BCUT2D eigenvalue weighted by Crippen LogP contribution is -2.53. The van der Waals surface area contributed by atoms with Gasteiger partial charge in [0, 0.05) is 32.1 Å². The molecule has 1 atom stereocenters. The minimum absolute atomic E-state index is 0.0709. The van der Waals surface area contributed by atoms with Gasteiger partial charge in [0.25, 0.3) is 6.43 Å². The van der Waals surface area contributed by atoms with E-state index in [2.05, 4.69) is 34.7 Å². The average Bonchev–Trinajstić information content (AvgIpc) is 3.37. The molecule has 3 aromatic heterocycles. The number of hydrogen-bond donors (Lipinski definition) is 1. The Morgan fingerprint density at radius 3 is 2.75 bits per heavy atom. The minimum Gasteiger partial charge on any atom is -0.383 e. The molecule has 4 aromatic rings. The number of alkyl halides is 2. The first-order valence-corrected chi connectivity index (χ1v) is 14.8.